The quantitative estimate of drug-likeness (QED) is 0.645. The van der Waals surface area contributed by atoms with E-state index in [1.807, 2.05) is 31.2 Å². The largest absolute Gasteiger partial charge is 0.461 e. The third kappa shape index (κ3) is 4.31. The number of hydrogen-bond donors (Lipinski definition) is 1. The van der Waals surface area contributed by atoms with Crippen LogP contribution in [0.15, 0.2) is 46.9 Å². The van der Waals surface area contributed by atoms with Gasteiger partial charge in [0.15, 0.2) is 0 Å². The Bertz CT molecular complexity index is 1140. The number of nitrogens with one attached hydrogen (secondary N) is 1. The molecule has 0 radical (unpaired) electrons. The molecule has 1 amide bonds. The van der Waals surface area contributed by atoms with Gasteiger partial charge in [0.2, 0.25) is 10.0 Å². The van der Waals surface area contributed by atoms with Crippen molar-refractivity contribution in [3.63, 3.8) is 0 Å². The number of halogens is 1. The molecule has 1 aromatic heterocycles. The molecule has 3 aromatic rings. The van der Waals surface area contributed by atoms with Crippen LogP contribution in [0.5, 0.6) is 0 Å². The molecule has 148 valence electrons. The molecule has 2 aromatic carbocycles. The van der Waals surface area contributed by atoms with Crippen LogP contribution in [0.1, 0.15) is 28.6 Å². The Morgan fingerprint density at radius 3 is 2.61 bits per heavy atom. The van der Waals surface area contributed by atoms with Gasteiger partial charge in [0.05, 0.1) is 17.0 Å². The monoisotopic (exact) mass is 420 g/mol. The van der Waals surface area contributed by atoms with Crippen LogP contribution in [-0.2, 0) is 23.0 Å². The van der Waals surface area contributed by atoms with E-state index >= 15 is 0 Å². The second kappa shape index (κ2) is 7.85. The smallest absolute Gasteiger partial charge is 0.253 e. The lowest BCUT2D eigenvalue weighted by molar-refractivity contribution is 0.0785. The summed E-state index contributed by atoms with van der Waals surface area (Å²) in [4.78, 5) is 14.5. The van der Waals surface area contributed by atoms with Crippen LogP contribution in [0.2, 0.25) is 5.02 Å². The van der Waals surface area contributed by atoms with Gasteiger partial charge < -0.3 is 9.32 Å². The van der Waals surface area contributed by atoms with Gasteiger partial charge in [-0.3, -0.25) is 9.52 Å². The second-order valence-corrected chi connectivity index (χ2v) is 8.74. The molecule has 1 heterocycles. The Morgan fingerprint density at radius 1 is 1.21 bits per heavy atom. The average molecular weight is 421 g/mol. The summed E-state index contributed by atoms with van der Waals surface area (Å²) in [6.07, 6.45) is 1.75. The van der Waals surface area contributed by atoms with Gasteiger partial charge in [-0.05, 0) is 24.3 Å². The van der Waals surface area contributed by atoms with Gasteiger partial charge in [-0.2, -0.15) is 0 Å². The van der Waals surface area contributed by atoms with Gasteiger partial charge in [0.1, 0.15) is 11.3 Å². The number of aryl methyl sites for hydroxylation is 1. The molecule has 0 aliphatic carbocycles. The van der Waals surface area contributed by atoms with Crippen molar-refractivity contribution in [1.82, 2.24) is 4.90 Å². The Kier molecular flexibility index (Phi) is 5.67. The topological polar surface area (TPSA) is 79.6 Å². The fraction of sp³-hybridized carbons (Fsp3) is 0.250. The minimum absolute atomic E-state index is 0.173. The van der Waals surface area contributed by atoms with Crippen LogP contribution < -0.4 is 4.72 Å². The van der Waals surface area contributed by atoms with Crippen LogP contribution in [-0.4, -0.2) is 32.5 Å². The Morgan fingerprint density at radius 2 is 1.93 bits per heavy atom. The summed E-state index contributed by atoms with van der Waals surface area (Å²) in [5.74, 6) is 0.594. The molecule has 28 heavy (non-hydrogen) atoms. The molecule has 0 aliphatic rings. The lowest BCUT2D eigenvalue weighted by Gasteiger charge is -2.18. The number of rotatable bonds is 6. The van der Waals surface area contributed by atoms with Crippen LogP contribution >= 0.6 is 11.6 Å². The van der Waals surface area contributed by atoms with E-state index in [4.69, 9.17) is 16.0 Å². The fourth-order valence-electron chi connectivity index (χ4n) is 3.07. The van der Waals surface area contributed by atoms with E-state index in [1.165, 1.54) is 12.1 Å². The van der Waals surface area contributed by atoms with Crippen molar-refractivity contribution in [1.29, 1.82) is 0 Å². The zero-order chi connectivity index (χ0) is 20.5. The first-order chi connectivity index (χ1) is 13.2. The van der Waals surface area contributed by atoms with E-state index in [0.717, 1.165) is 35.0 Å². The van der Waals surface area contributed by atoms with Crippen LogP contribution in [0.4, 0.5) is 5.69 Å². The fourth-order valence-corrected chi connectivity index (χ4v) is 3.86. The summed E-state index contributed by atoms with van der Waals surface area (Å²) < 4.78 is 31.2. The van der Waals surface area contributed by atoms with Crippen molar-refractivity contribution in [3.8, 4) is 0 Å². The molecule has 0 saturated carbocycles. The van der Waals surface area contributed by atoms with E-state index < -0.39 is 10.0 Å². The highest BCUT2D eigenvalue weighted by Crippen LogP contribution is 2.28. The van der Waals surface area contributed by atoms with Gasteiger partial charge in [0.25, 0.3) is 5.91 Å². The molecule has 8 heteroatoms. The number of carbonyl (C=O) groups is 1. The molecule has 3 rings (SSSR count). The molecular weight excluding hydrogens is 400 g/mol. The van der Waals surface area contributed by atoms with Gasteiger partial charge in [0, 0.05) is 36.5 Å². The van der Waals surface area contributed by atoms with Crippen molar-refractivity contribution in [3.05, 3.63) is 64.4 Å². The predicted octanol–water partition coefficient (Wildman–Crippen LogP) is 4.29. The van der Waals surface area contributed by atoms with Crippen molar-refractivity contribution in [2.75, 3.05) is 18.0 Å². The van der Waals surface area contributed by atoms with Gasteiger partial charge >= 0.3 is 0 Å². The summed E-state index contributed by atoms with van der Waals surface area (Å²) >= 11 is 6.04. The van der Waals surface area contributed by atoms with Crippen molar-refractivity contribution < 1.29 is 17.6 Å². The normalized spacial score (nSPS) is 11.6. The van der Waals surface area contributed by atoms with Gasteiger partial charge in [-0.25, -0.2) is 8.42 Å². The number of anilines is 1. The maximum atomic E-state index is 12.9. The van der Waals surface area contributed by atoms with Gasteiger partial charge in [-0.15, -0.1) is 0 Å². The van der Waals surface area contributed by atoms with Crippen LogP contribution in [0.25, 0.3) is 11.0 Å². The van der Waals surface area contributed by atoms with Crippen molar-refractivity contribution in [2.24, 2.45) is 0 Å². The molecule has 1 N–H and O–H groups in total. The standard InChI is InChI=1S/C20H21ClN2O4S/c1-4-18-15(14-7-5-6-8-19(14)27-18)12-23(2)20(24)13-9-10-16(21)17(11-13)22-28(3,25)26/h5-11,22H,4,12H2,1-3H3. The highest BCUT2D eigenvalue weighted by molar-refractivity contribution is 7.92. The first-order valence-electron chi connectivity index (χ1n) is 8.71. The maximum Gasteiger partial charge on any atom is 0.253 e. The Labute approximate surface area is 169 Å². The lowest BCUT2D eigenvalue weighted by atomic mass is 10.1. The number of sulfonamides is 1. The zero-order valence-corrected chi connectivity index (χ0v) is 17.4. The number of hydrogen-bond acceptors (Lipinski definition) is 4. The molecule has 0 atom stereocenters. The number of carbonyl (C=O) groups excluding carboxylic acids is 1. The first kappa shape index (κ1) is 20.2. The van der Waals surface area contributed by atoms with E-state index in [9.17, 15) is 13.2 Å². The number of benzene rings is 2. The van der Waals surface area contributed by atoms with Crippen LogP contribution in [0.3, 0.4) is 0 Å². The highest BCUT2D eigenvalue weighted by atomic mass is 35.5. The molecule has 0 aliphatic heterocycles. The predicted molar refractivity (Wildman–Crippen MR) is 111 cm³/mol. The Hall–Kier alpha value is -2.51. The summed E-state index contributed by atoms with van der Waals surface area (Å²) in [5.41, 5.74) is 2.27. The summed E-state index contributed by atoms with van der Waals surface area (Å²) in [7, 11) is -1.81. The summed E-state index contributed by atoms with van der Waals surface area (Å²) in [5, 5.41) is 1.20. The molecule has 6 nitrogen and oxygen atoms in total. The highest BCUT2D eigenvalue weighted by Gasteiger charge is 2.19. The molecule has 0 bridgehead atoms. The third-order valence-corrected chi connectivity index (χ3v) is 5.27. The maximum absolute atomic E-state index is 12.9. The minimum Gasteiger partial charge on any atom is -0.461 e. The first-order valence-corrected chi connectivity index (χ1v) is 11.0. The number of fused-ring (bicyclic) bond motifs is 1. The lowest BCUT2D eigenvalue weighted by Crippen LogP contribution is -2.26. The molecular formula is C20H21ClN2O4S. The number of nitrogens with zero attached hydrogens (tertiary/aromatic N) is 1. The second-order valence-electron chi connectivity index (χ2n) is 6.58. The molecule has 0 spiro atoms. The van der Waals surface area contributed by atoms with E-state index in [-0.39, 0.29) is 16.6 Å². The van der Waals surface area contributed by atoms with Crippen molar-refractivity contribution in [2.45, 2.75) is 19.9 Å². The molecule has 0 unspecified atom stereocenters. The van der Waals surface area contributed by atoms with E-state index in [1.54, 1.807) is 18.0 Å². The average Bonchev–Trinajstić information content (AvgIpc) is 2.99. The van der Waals surface area contributed by atoms with Crippen LogP contribution in [0, 0.1) is 0 Å². The minimum atomic E-state index is -3.51. The van der Waals surface area contributed by atoms with E-state index in [0.29, 0.717) is 12.1 Å². The third-order valence-electron chi connectivity index (χ3n) is 4.35. The number of para-hydroxylation sites is 1. The molecule has 0 fully saturated rings. The number of furan rings is 1. The van der Waals surface area contributed by atoms with E-state index in [2.05, 4.69) is 4.72 Å². The van der Waals surface area contributed by atoms with Crippen molar-refractivity contribution >= 4 is 44.2 Å². The van der Waals surface area contributed by atoms with Gasteiger partial charge in [-0.1, -0.05) is 36.7 Å². The Balaban J connectivity index is 1.89. The summed E-state index contributed by atoms with van der Waals surface area (Å²) in [6, 6.07) is 12.2. The number of amides is 1. The zero-order valence-electron chi connectivity index (χ0n) is 15.8. The molecule has 0 saturated heterocycles. The SMILES string of the molecule is CCc1oc2ccccc2c1CN(C)C(=O)c1ccc(Cl)c(NS(C)(=O)=O)c1. The summed E-state index contributed by atoms with van der Waals surface area (Å²) in [6.45, 7) is 2.38.